The second-order valence-electron chi connectivity index (χ2n) is 3.82. The lowest BCUT2D eigenvalue weighted by molar-refractivity contribution is 0.156. The molecular formula is C10H11NO. The number of hydrogen-bond acceptors (Lipinski definition) is 2. The second-order valence-corrected chi connectivity index (χ2v) is 3.82. The molecule has 1 heterocycles. The van der Waals surface area contributed by atoms with Crippen molar-refractivity contribution in [1.82, 2.24) is 4.98 Å². The van der Waals surface area contributed by atoms with Crippen LogP contribution in [0.1, 0.15) is 35.9 Å². The maximum absolute atomic E-state index is 9.63. The predicted molar refractivity (Wildman–Crippen MR) is 45.0 cm³/mol. The SMILES string of the molecule is OC1CC2CC1c1ncccc12. The molecule has 12 heavy (non-hydrogen) atoms. The van der Waals surface area contributed by atoms with E-state index in [2.05, 4.69) is 11.1 Å². The summed E-state index contributed by atoms with van der Waals surface area (Å²) in [4.78, 5) is 4.33. The van der Waals surface area contributed by atoms with Crippen LogP contribution in [-0.4, -0.2) is 16.2 Å². The highest BCUT2D eigenvalue weighted by molar-refractivity contribution is 5.37. The number of rotatable bonds is 0. The molecule has 1 aromatic rings. The first-order chi connectivity index (χ1) is 5.86. The Morgan fingerprint density at radius 3 is 3.25 bits per heavy atom. The van der Waals surface area contributed by atoms with E-state index in [0.29, 0.717) is 11.8 Å². The van der Waals surface area contributed by atoms with E-state index >= 15 is 0 Å². The first kappa shape index (κ1) is 6.61. The number of nitrogens with zero attached hydrogens (tertiary/aromatic N) is 1. The van der Waals surface area contributed by atoms with Gasteiger partial charge in [-0.1, -0.05) is 6.07 Å². The van der Waals surface area contributed by atoms with E-state index in [0.717, 1.165) is 18.5 Å². The van der Waals surface area contributed by atoms with Crippen LogP contribution in [0.3, 0.4) is 0 Å². The Labute approximate surface area is 71.3 Å². The van der Waals surface area contributed by atoms with Crippen molar-refractivity contribution < 1.29 is 5.11 Å². The lowest BCUT2D eigenvalue weighted by Gasteiger charge is -2.18. The highest BCUT2D eigenvalue weighted by atomic mass is 16.3. The van der Waals surface area contributed by atoms with Crippen molar-refractivity contribution >= 4 is 0 Å². The van der Waals surface area contributed by atoms with Gasteiger partial charge in [-0.3, -0.25) is 4.98 Å². The summed E-state index contributed by atoms with van der Waals surface area (Å²) < 4.78 is 0. The van der Waals surface area contributed by atoms with Crippen LogP contribution < -0.4 is 0 Å². The Balaban J connectivity index is 2.17. The molecule has 0 saturated heterocycles. The van der Waals surface area contributed by atoms with Crippen molar-refractivity contribution in [3.8, 4) is 0 Å². The van der Waals surface area contributed by atoms with Crippen LogP contribution in [0.2, 0.25) is 0 Å². The minimum atomic E-state index is -0.127. The number of pyridine rings is 1. The number of aromatic nitrogens is 1. The van der Waals surface area contributed by atoms with Crippen LogP contribution in [0.4, 0.5) is 0 Å². The quantitative estimate of drug-likeness (QED) is 0.624. The van der Waals surface area contributed by atoms with Gasteiger partial charge in [0.05, 0.1) is 6.10 Å². The summed E-state index contributed by atoms with van der Waals surface area (Å²) in [6.45, 7) is 0. The van der Waals surface area contributed by atoms with E-state index in [1.54, 1.807) is 0 Å². The molecule has 2 nitrogen and oxygen atoms in total. The van der Waals surface area contributed by atoms with Crippen LogP contribution in [-0.2, 0) is 0 Å². The average molecular weight is 161 g/mol. The minimum Gasteiger partial charge on any atom is -0.392 e. The molecule has 3 unspecified atom stereocenters. The van der Waals surface area contributed by atoms with E-state index in [-0.39, 0.29) is 6.10 Å². The van der Waals surface area contributed by atoms with Gasteiger partial charge in [0, 0.05) is 17.8 Å². The molecule has 0 aromatic carbocycles. The number of aliphatic hydroxyl groups excluding tert-OH is 1. The third-order valence-corrected chi connectivity index (χ3v) is 3.19. The van der Waals surface area contributed by atoms with Gasteiger partial charge in [0.25, 0.3) is 0 Å². The summed E-state index contributed by atoms with van der Waals surface area (Å²) in [6.07, 6.45) is 3.76. The molecule has 1 aromatic heterocycles. The van der Waals surface area contributed by atoms with Crippen molar-refractivity contribution in [2.24, 2.45) is 0 Å². The van der Waals surface area contributed by atoms with Crippen molar-refractivity contribution in [1.29, 1.82) is 0 Å². The number of aliphatic hydroxyl groups is 1. The smallest absolute Gasteiger partial charge is 0.0630 e. The molecule has 1 fully saturated rings. The van der Waals surface area contributed by atoms with Crippen molar-refractivity contribution in [3.05, 3.63) is 29.6 Å². The molecule has 3 rings (SSSR count). The van der Waals surface area contributed by atoms with Crippen LogP contribution >= 0.6 is 0 Å². The van der Waals surface area contributed by atoms with E-state index < -0.39 is 0 Å². The molecule has 2 bridgehead atoms. The monoisotopic (exact) mass is 161 g/mol. The van der Waals surface area contributed by atoms with Gasteiger partial charge in [0.1, 0.15) is 0 Å². The van der Waals surface area contributed by atoms with E-state index in [1.165, 1.54) is 5.56 Å². The fourth-order valence-corrected chi connectivity index (χ4v) is 2.65. The molecule has 0 amide bonds. The zero-order valence-electron chi connectivity index (χ0n) is 6.77. The Hall–Kier alpha value is -0.890. The first-order valence-corrected chi connectivity index (χ1v) is 4.49. The molecule has 0 radical (unpaired) electrons. The zero-order chi connectivity index (χ0) is 8.13. The van der Waals surface area contributed by atoms with Gasteiger partial charge < -0.3 is 5.11 Å². The summed E-state index contributed by atoms with van der Waals surface area (Å²) in [7, 11) is 0. The summed E-state index contributed by atoms with van der Waals surface area (Å²) >= 11 is 0. The Bertz CT molecular complexity index is 323. The Morgan fingerprint density at radius 2 is 2.33 bits per heavy atom. The molecule has 1 saturated carbocycles. The highest BCUT2D eigenvalue weighted by Gasteiger charge is 2.43. The lowest BCUT2D eigenvalue weighted by atomic mass is 9.94. The van der Waals surface area contributed by atoms with Gasteiger partial charge in [-0.2, -0.15) is 0 Å². The molecule has 2 aliphatic rings. The normalized spacial score (nSPS) is 36.9. The highest BCUT2D eigenvalue weighted by Crippen LogP contribution is 2.51. The minimum absolute atomic E-state index is 0.127. The third-order valence-electron chi connectivity index (χ3n) is 3.19. The molecule has 0 spiro atoms. The number of fused-ring (bicyclic) bond motifs is 5. The van der Waals surface area contributed by atoms with Crippen molar-refractivity contribution in [3.63, 3.8) is 0 Å². The number of hydrogen-bond donors (Lipinski definition) is 1. The Kier molecular flexibility index (Phi) is 1.14. The van der Waals surface area contributed by atoms with E-state index in [9.17, 15) is 5.11 Å². The summed E-state index contributed by atoms with van der Waals surface area (Å²) in [5.74, 6) is 0.930. The second kappa shape index (κ2) is 2.07. The van der Waals surface area contributed by atoms with Gasteiger partial charge in [0.15, 0.2) is 0 Å². The Morgan fingerprint density at radius 1 is 1.42 bits per heavy atom. The predicted octanol–water partition coefficient (Wildman–Crippen LogP) is 1.42. The summed E-state index contributed by atoms with van der Waals surface area (Å²) in [5, 5.41) is 9.63. The molecule has 1 N–H and O–H groups in total. The van der Waals surface area contributed by atoms with Crippen molar-refractivity contribution in [2.45, 2.75) is 30.8 Å². The van der Waals surface area contributed by atoms with Crippen LogP contribution in [0.5, 0.6) is 0 Å². The third kappa shape index (κ3) is 0.661. The van der Waals surface area contributed by atoms with Gasteiger partial charge in [-0.25, -0.2) is 0 Å². The van der Waals surface area contributed by atoms with Crippen LogP contribution in [0.15, 0.2) is 18.3 Å². The largest absolute Gasteiger partial charge is 0.392 e. The van der Waals surface area contributed by atoms with E-state index in [4.69, 9.17) is 0 Å². The van der Waals surface area contributed by atoms with Crippen molar-refractivity contribution in [2.75, 3.05) is 0 Å². The van der Waals surface area contributed by atoms with Gasteiger partial charge in [-0.05, 0) is 30.4 Å². The summed E-state index contributed by atoms with van der Waals surface area (Å²) in [5.41, 5.74) is 2.54. The van der Waals surface area contributed by atoms with Gasteiger partial charge >= 0.3 is 0 Å². The lowest BCUT2D eigenvalue weighted by Crippen LogP contribution is -2.16. The summed E-state index contributed by atoms with van der Waals surface area (Å²) in [6, 6.07) is 4.14. The molecule has 2 heteroatoms. The maximum Gasteiger partial charge on any atom is 0.0630 e. The molecule has 62 valence electrons. The average Bonchev–Trinajstić information content (AvgIpc) is 2.62. The molecular weight excluding hydrogens is 150 g/mol. The maximum atomic E-state index is 9.63. The molecule has 2 aliphatic carbocycles. The van der Waals surface area contributed by atoms with Gasteiger partial charge in [-0.15, -0.1) is 0 Å². The van der Waals surface area contributed by atoms with E-state index in [1.807, 2.05) is 12.3 Å². The van der Waals surface area contributed by atoms with Crippen LogP contribution in [0.25, 0.3) is 0 Å². The first-order valence-electron chi connectivity index (χ1n) is 4.49. The topological polar surface area (TPSA) is 33.1 Å². The molecule has 3 atom stereocenters. The standard InChI is InChI=1S/C10H11NO/c12-9-5-6-4-8(9)10-7(6)2-1-3-11-10/h1-3,6,8-9,12H,4-5H2. The molecule has 0 aliphatic heterocycles. The fourth-order valence-electron chi connectivity index (χ4n) is 2.65. The van der Waals surface area contributed by atoms with Gasteiger partial charge in [0.2, 0.25) is 0 Å². The zero-order valence-corrected chi connectivity index (χ0v) is 6.77. The fraction of sp³-hybridized carbons (Fsp3) is 0.500. The van der Waals surface area contributed by atoms with Crippen LogP contribution in [0, 0.1) is 0 Å².